The quantitative estimate of drug-likeness (QED) is 0.453. The maximum Gasteiger partial charge on any atom is 0 e. The smallest absolute Gasteiger partial charge is 0 e. The molecule has 4 heteroatoms. The van der Waals surface area contributed by atoms with E-state index in [-0.39, 0.29) is 57.2 Å². The summed E-state index contributed by atoms with van der Waals surface area (Å²) in [4.78, 5) is 1.50. The topological polar surface area (TPSA) is 23.8 Å². The van der Waals surface area contributed by atoms with Crippen LogP contribution in [0.3, 0.4) is 0 Å². The van der Waals surface area contributed by atoms with Crippen molar-refractivity contribution in [2.45, 2.75) is 0 Å². The van der Waals surface area contributed by atoms with Gasteiger partial charge in [-0.25, -0.2) is 0 Å². The third-order valence-electron chi connectivity index (χ3n) is 0. The van der Waals surface area contributed by atoms with Gasteiger partial charge in [0.2, 0.25) is 0 Å². The Morgan fingerprint density at radius 1 is 1.60 bits per heavy atom. The van der Waals surface area contributed by atoms with Crippen LogP contribution in [0.2, 0.25) is 0 Å². The van der Waals surface area contributed by atoms with Crippen LogP contribution in [0.15, 0.2) is 0 Å². The fourth-order valence-corrected chi connectivity index (χ4v) is 0. The molecule has 0 spiro atoms. The molecule has 0 aromatic carbocycles. The molecule has 0 unspecified atom stereocenters. The minimum Gasteiger partial charge on any atom is 0 e. The fourth-order valence-electron chi connectivity index (χ4n) is 0. The van der Waals surface area contributed by atoms with Gasteiger partial charge in [0, 0.05) is 19.5 Å². The van der Waals surface area contributed by atoms with E-state index in [9.17, 15) is 0 Å². The Balaban J connectivity index is -0.0000000200. The third kappa shape index (κ3) is 24.9. The van der Waals surface area contributed by atoms with Gasteiger partial charge in [-0.3, -0.25) is 0 Å². The second-order valence-corrected chi connectivity index (χ2v) is 0.326. The standard InChI is InChI=1S/CN.Ca.Fe.Zn.2H/c1-2;;;;;. The van der Waals surface area contributed by atoms with Crippen molar-refractivity contribution < 1.29 is 35.5 Å². The summed E-state index contributed by atoms with van der Waals surface area (Å²) >= 11 is 2.79. The van der Waals surface area contributed by atoms with Gasteiger partial charge in [-0.1, -0.05) is 0 Å². The summed E-state index contributed by atoms with van der Waals surface area (Å²) in [5.74, 6) is 0. The molecule has 0 fully saturated rings. The van der Waals surface area contributed by atoms with E-state index in [1.165, 1.54) is 4.97 Å². The number of nitriles is 1. The van der Waals surface area contributed by atoms with Gasteiger partial charge in [0.05, 0.1) is 0 Å². The molecule has 0 aliphatic rings. The fraction of sp³-hybridized carbons (Fsp3) is 0. The van der Waals surface area contributed by atoms with Gasteiger partial charge in [-0.15, -0.1) is 0 Å². The van der Waals surface area contributed by atoms with Crippen molar-refractivity contribution in [3.63, 3.8) is 0 Å². The van der Waals surface area contributed by atoms with Crippen LogP contribution in [-0.2, 0) is 35.5 Å². The predicted octanol–water partition coefficient (Wildman–Crippen LogP) is -0.904. The summed E-state index contributed by atoms with van der Waals surface area (Å²) < 4.78 is 0. The SMILES string of the molecule is N#[C][Fe].[CaH2].[Zn]. The molecule has 0 saturated carbocycles. The maximum atomic E-state index is 7.21. The van der Waals surface area contributed by atoms with E-state index < -0.39 is 0 Å². The molecule has 0 aromatic rings. The van der Waals surface area contributed by atoms with Crippen LogP contribution in [0.4, 0.5) is 0 Å². The molecule has 1 nitrogen and oxygen atoms in total. The molecule has 23 valence electrons. The van der Waals surface area contributed by atoms with E-state index in [1.54, 1.807) is 0 Å². The van der Waals surface area contributed by atoms with Gasteiger partial charge in [0.25, 0.3) is 0 Å². The zero-order valence-electron chi connectivity index (χ0n) is 2.01. The Bertz CT molecular complexity index is 33.1. The molecule has 0 atom stereocenters. The minimum absolute atomic E-state index is 0. The van der Waals surface area contributed by atoms with Crippen molar-refractivity contribution in [3.8, 4) is 4.97 Å². The van der Waals surface area contributed by atoms with Gasteiger partial charge in [0.1, 0.15) is 0 Å². The summed E-state index contributed by atoms with van der Waals surface area (Å²) in [5, 5.41) is 7.21. The Morgan fingerprint density at radius 2 is 1.60 bits per heavy atom. The zero-order valence-corrected chi connectivity index (χ0v) is 6.08. The minimum atomic E-state index is 0. The number of hydrogen-bond donors (Lipinski definition) is 0. The summed E-state index contributed by atoms with van der Waals surface area (Å²) in [6, 6.07) is 0. The van der Waals surface area contributed by atoms with Crippen molar-refractivity contribution in [3.05, 3.63) is 0 Å². The Labute approximate surface area is 82.1 Å². The van der Waals surface area contributed by atoms with Crippen LogP contribution < -0.4 is 0 Å². The first-order valence-electron chi connectivity index (χ1n) is 0.400. The van der Waals surface area contributed by atoms with Crippen LogP contribution >= 0.6 is 0 Å². The monoisotopic (exact) mass is 188 g/mol. The molecular formula is CH2CaFeNZn. The maximum absolute atomic E-state index is 7.21. The normalized spacial score (nSPS) is 1.60. The van der Waals surface area contributed by atoms with E-state index in [2.05, 4.69) is 16.0 Å². The molecule has 0 amide bonds. The first-order valence-corrected chi connectivity index (χ1v) is 0.952. The van der Waals surface area contributed by atoms with E-state index in [4.69, 9.17) is 5.26 Å². The molecule has 0 heterocycles. The summed E-state index contributed by atoms with van der Waals surface area (Å²) in [6.07, 6.45) is 0. The number of rotatable bonds is 0. The van der Waals surface area contributed by atoms with Crippen molar-refractivity contribution in [2.75, 3.05) is 0 Å². The van der Waals surface area contributed by atoms with Crippen molar-refractivity contribution in [1.29, 1.82) is 5.26 Å². The second-order valence-electron chi connectivity index (χ2n) is 0.0791. The first kappa shape index (κ1) is 15.8. The van der Waals surface area contributed by atoms with E-state index >= 15 is 0 Å². The first-order chi connectivity index (χ1) is 1.41. The van der Waals surface area contributed by atoms with Crippen LogP contribution in [0.25, 0.3) is 0 Å². The van der Waals surface area contributed by atoms with Gasteiger partial charge in [0.15, 0.2) is 0 Å². The average molecular weight is 189 g/mol. The van der Waals surface area contributed by atoms with Gasteiger partial charge in [-0.05, 0) is 0 Å². The summed E-state index contributed by atoms with van der Waals surface area (Å²) in [7, 11) is 0. The summed E-state index contributed by atoms with van der Waals surface area (Å²) in [6.45, 7) is 0. The molecule has 0 aliphatic heterocycles. The van der Waals surface area contributed by atoms with Crippen molar-refractivity contribution in [1.82, 2.24) is 0 Å². The van der Waals surface area contributed by atoms with Crippen LogP contribution in [0.1, 0.15) is 0 Å². The molecule has 0 aliphatic carbocycles. The van der Waals surface area contributed by atoms with Crippen molar-refractivity contribution >= 4 is 37.7 Å². The number of hydrogen-bond acceptors (Lipinski definition) is 1. The van der Waals surface area contributed by atoms with Crippen LogP contribution in [-0.4, -0.2) is 37.7 Å². The predicted molar refractivity (Wildman–Crippen MR) is 14.2 cm³/mol. The molecular weight excluding hydrogens is 187 g/mol. The third-order valence-corrected chi connectivity index (χ3v) is 0. The van der Waals surface area contributed by atoms with Crippen LogP contribution in [0.5, 0.6) is 0 Å². The Morgan fingerprint density at radius 3 is 1.60 bits per heavy atom. The molecule has 0 N–H and O–H groups in total. The number of nitrogens with zero attached hydrogens (tertiary/aromatic N) is 1. The second kappa shape index (κ2) is 16.9. The molecule has 0 radical (unpaired) electrons. The van der Waals surface area contributed by atoms with E-state index in [1.807, 2.05) is 0 Å². The molecule has 5 heavy (non-hydrogen) atoms. The van der Waals surface area contributed by atoms with Gasteiger partial charge in [-0.2, -0.15) is 0 Å². The molecule has 0 saturated heterocycles. The summed E-state index contributed by atoms with van der Waals surface area (Å²) in [5.41, 5.74) is 0. The Kier molecular flexibility index (Phi) is 53.3. The largest absolute Gasteiger partial charge is 0 e. The van der Waals surface area contributed by atoms with Crippen LogP contribution in [0, 0.1) is 10.2 Å². The molecule has 0 aromatic heterocycles. The van der Waals surface area contributed by atoms with Gasteiger partial charge < -0.3 is 0 Å². The zero-order chi connectivity index (χ0) is 2.71. The average Bonchev–Trinajstić information content (AvgIpc) is 0.918. The Hall–Kier alpha value is 1.89. The molecule has 0 bridgehead atoms. The van der Waals surface area contributed by atoms with Gasteiger partial charge >= 0.3 is 64.0 Å². The van der Waals surface area contributed by atoms with E-state index in [0.29, 0.717) is 0 Å². The van der Waals surface area contributed by atoms with E-state index in [0.717, 1.165) is 0 Å². The van der Waals surface area contributed by atoms with Crippen molar-refractivity contribution in [2.24, 2.45) is 0 Å². The molecule has 0 rings (SSSR count).